The van der Waals surface area contributed by atoms with Gasteiger partial charge in [0.15, 0.2) is 0 Å². The number of hydrogen-bond donors (Lipinski definition) is 0. The Hall–Kier alpha value is -5.73. The number of para-hydroxylation sites is 1. The van der Waals surface area contributed by atoms with E-state index < -0.39 is 0 Å². The fourth-order valence-electron chi connectivity index (χ4n) is 5.58. The lowest BCUT2D eigenvalue weighted by molar-refractivity contribution is 1.27. The predicted octanol–water partition coefficient (Wildman–Crippen LogP) is 11.2. The molecule has 0 amide bonds. The van der Waals surface area contributed by atoms with Gasteiger partial charge in [0.2, 0.25) is 0 Å². The molecular formula is C41H30N2. The van der Waals surface area contributed by atoms with Gasteiger partial charge in [-0.2, -0.15) is 0 Å². The Morgan fingerprint density at radius 1 is 0.302 bits per heavy atom. The van der Waals surface area contributed by atoms with Crippen LogP contribution in [-0.2, 0) is 0 Å². The van der Waals surface area contributed by atoms with Crippen LogP contribution < -0.4 is 4.90 Å². The highest BCUT2D eigenvalue weighted by Crippen LogP contribution is 2.42. The second-order valence-corrected chi connectivity index (χ2v) is 10.5. The molecule has 7 rings (SSSR count). The van der Waals surface area contributed by atoms with Gasteiger partial charge in [-0.15, -0.1) is 0 Å². The largest absolute Gasteiger partial charge is 0.310 e. The lowest BCUT2D eigenvalue weighted by atomic mass is 9.96. The second kappa shape index (κ2) is 12.0. The van der Waals surface area contributed by atoms with Gasteiger partial charge in [0.25, 0.3) is 0 Å². The average molecular weight is 551 g/mol. The molecule has 0 aliphatic heterocycles. The molecule has 0 saturated heterocycles. The van der Waals surface area contributed by atoms with Crippen molar-refractivity contribution in [2.45, 2.75) is 0 Å². The Labute approximate surface area is 253 Å². The summed E-state index contributed by atoms with van der Waals surface area (Å²) in [7, 11) is 0. The van der Waals surface area contributed by atoms with Crippen LogP contribution in [0.4, 0.5) is 17.1 Å². The summed E-state index contributed by atoms with van der Waals surface area (Å²) in [5, 5.41) is 0. The third kappa shape index (κ3) is 5.72. The number of rotatable bonds is 7. The topological polar surface area (TPSA) is 16.1 Å². The minimum atomic E-state index is 0.942. The Morgan fingerprint density at radius 2 is 0.698 bits per heavy atom. The van der Waals surface area contributed by atoms with Gasteiger partial charge in [-0.1, -0.05) is 115 Å². The van der Waals surface area contributed by atoms with E-state index in [1.54, 1.807) is 0 Å². The molecule has 6 aromatic carbocycles. The van der Waals surface area contributed by atoms with Crippen LogP contribution in [0.5, 0.6) is 0 Å². The van der Waals surface area contributed by atoms with Crippen LogP contribution >= 0.6 is 0 Å². The molecule has 0 bridgehead atoms. The summed E-state index contributed by atoms with van der Waals surface area (Å²) in [5.41, 5.74) is 12.3. The van der Waals surface area contributed by atoms with Crippen molar-refractivity contribution in [3.63, 3.8) is 0 Å². The van der Waals surface area contributed by atoms with Gasteiger partial charge in [0.05, 0.1) is 5.69 Å². The molecule has 43 heavy (non-hydrogen) atoms. The van der Waals surface area contributed by atoms with E-state index in [9.17, 15) is 0 Å². The van der Waals surface area contributed by atoms with Crippen molar-refractivity contribution in [1.82, 2.24) is 4.98 Å². The zero-order chi connectivity index (χ0) is 28.8. The summed E-state index contributed by atoms with van der Waals surface area (Å²) in [4.78, 5) is 7.08. The van der Waals surface area contributed by atoms with Gasteiger partial charge in [-0.3, -0.25) is 4.98 Å². The normalized spacial score (nSPS) is 10.8. The maximum Gasteiger partial charge on any atom is 0.0702 e. The average Bonchev–Trinajstić information content (AvgIpc) is 3.10. The molecule has 0 N–H and O–H groups in total. The molecular weight excluding hydrogens is 520 g/mol. The van der Waals surface area contributed by atoms with Crippen molar-refractivity contribution in [2.75, 3.05) is 4.90 Å². The molecule has 2 nitrogen and oxygen atoms in total. The Bertz CT molecular complexity index is 1690. The van der Waals surface area contributed by atoms with Crippen molar-refractivity contribution >= 4 is 17.1 Å². The van der Waals surface area contributed by atoms with Crippen molar-refractivity contribution in [3.8, 4) is 44.6 Å². The first-order valence-corrected chi connectivity index (χ1v) is 14.5. The van der Waals surface area contributed by atoms with Crippen LogP contribution in [0, 0.1) is 0 Å². The van der Waals surface area contributed by atoms with E-state index in [2.05, 4.69) is 169 Å². The molecule has 7 aromatic rings. The smallest absolute Gasteiger partial charge is 0.0702 e. The maximum atomic E-state index is 4.72. The van der Waals surface area contributed by atoms with Gasteiger partial charge < -0.3 is 4.90 Å². The molecule has 1 aromatic heterocycles. The van der Waals surface area contributed by atoms with E-state index in [4.69, 9.17) is 4.98 Å². The van der Waals surface area contributed by atoms with Gasteiger partial charge in [0, 0.05) is 28.8 Å². The first kappa shape index (κ1) is 26.2. The van der Waals surface area contributed by atoms with E-state index >= 15 is 0 Å². The Balaban J connectivity index is 1.49. The molecule has 0 aliphatic rings. The molecule has 0 spiro atoms. The highest BCUT2D eigenvalue weighted by molar-refractivity contribution is 5.88. The number of benzene rings is 6. The maximum absolute atomic E-state index is 4.72. The van der Waals surface area contributed by atoms with Crippen molar-refractivity contribution < 1.29 is 0 Å². The van der Waals surface area contributed by atoms with Gasteiger partial charge in [0.1, 0.15) is 0 Å². The fraction of sp³-hybridized carbons (Fsp3) is 0. The molecule has 0 saturated carbocycles. The first-order valence-electron chi connectivity index (χ1n) is 14.5. The molecule has 0 radical (unpaired) electrons. The lowest BCUT2D eigenvalue weighted by Crippen LogP contribution is -2.11. The predicted molar refractivity (Wildman–Crippen MR) is 181 cm³/mol. The molecule has 1 heterocycles. The van der Waals surface area contributed by atoms with Crippen LogP contribution in [0.2, 0.25) is 0 Å². The van der Waals surface area contributed by atoms with Crippen LogP contribution in [0.15, 0.2) is 182 Å². The highest BCUT2D eigenvalue weighted by atomic mass is 15.1. The van der Waals surface area contributed by atoms with Crippen molar-refractivity contribution in [3.05, 3.63) is 182 Å². The monoisotopic (exact) mass is 550 g/mol. The second-order valence-electron chi connectivity index (χ2n) is 10.5. The van der Waals surface area contributed by atoms with E-state index in [1.807, 2.05) is 18.3 Å². The Morgan fingerprint density at radius 3 is 1.14 bits per heavy atom. The van der Waals surface area contributed by atoms with Crippen LogP contribution in [0.25, 0.3) is 44.6 Å². The zero-order valence-corrected chi connectivity index (χ0v) is 23.7. The van der Waals surface area contributed by atoms with Crippen LogP contribution in [0.1, 0.15) is 0 Å². The van der Waals surface area contributed by atoms with Crippen LogP contribution in [0.3, 0.4) is 0 Å². The quantitative estimate of drug-likeness (QED) is 0.196. The summed E-state index contributed by atoms with van der Waals surface area (Å²) in [6.07, 6.45) is 1.86. The molecule has 0 aliphatic carbocycles. The summed E-state index contributed by atoms with van der Waals surface area (Å²) in [6.45, 7) is 0. The van der Waals surface area contributed by atoms with Crippen LogP contribution in [-0.4, -0.2) is 4.98 Å². The SMILES string of the molecule is c1ccc(-c2cc(-c3ccccc3)cc(N(c3ccccc3)c3cc(-c4ccccc4)cc(-c4ccccn4)c3)c2)cc1. The Kier molecular flexibility index (Phi) is 7.32. The third-order valence-corrected chi connectivity index (χ3v) is 7.65. The van der Waals surface area contributed by atoms with Crippen molar-refractivity contribution in [2.24, 2.45) is 0 Å². The minimum absolute atomic E-state index is 0.942. The van der Waals surface area contributed by atoms with Gasteiger partial charge in [-0.05, 0) is 94.0 Å². The summed E-state index contributed by atoms with van der Waals surface area (Å²) >= 11 is 0. The number of hydrogen-bond acceptors (Lipinski definition) is 2. The van der Waals surface area contributed by atoms with Crippen molar-refractivity contribution in [1.29, 1.82) is 0 Å². The van der Waals surface area contributed by atoms with Gasteiger partial charge >= 0.3 is 0 Å². The first-order chi connectivity index (χ1) is 21.3. The summed E-state index contributed by atoms with van der Waals surface area (Å²) in [6, 6.07) is 62.1. The number of aromatic nitrogens is 1. The van der Waals surface area contributed by atoms with E-state index in [0.717, 1.165) is 39.4 Å². The van der Waals surface area contributed by atoms with Gasteiger partial charge in [-0.25, -0.2) is 0 Å². The molecule has 2 heteroatoms. The third-order valence-electron chi connectivity index (χ3n) is 7.65. The highest BCUT2D eigenvalue weighted by Gasteiger charge is 2.18. The minimum Gasteiger partial charge on any atom is -0.310 e. The number of anilines is 3. The number of nitrogens with zero attached hydrogens (tertiary/aromatic N) is 2. The molecule has 204 valence electrons. The summed E-state index contributed by atoms with van der Waals surface area (Å²) < 4.78 is 0. The summed E-state index contributed by atoms with van der Waals surface area (Å²) in [5.74, 6) is 0. The zero-order valence-electron chi connectivity index (χ0n) is 23.7. The van der Waals surface area contributed by atoms with E-state index in [1.165, 1.54) is 22.3 Å². The van der Waals surface area contributed by atoms with E-state index in [-0.39, 0.29) is 0 Å². The lowest BCUT2D eigenvalue weighted by Gasteiger charge is -2.28. The standard InChI is InChI=1S/C41H30N2/c1-5-15-31(16-6-1)34-25-35(32-17-7-2-8-18-32)28-39(27-34)43(38-21-11-4-12-22-38)40-29-36(33-19-9-3-10-20-33)26-37(30-40)41-23-13-14-24-42-41/h1-30H. The van der Waals surface area contributed by atoms with E-state index in [0.29, 0.717) is 0 Å². The molecule has 0 unspecified atom stereocenters. The molecule has 0 fully saturated rings. The fourth-order valence-corrected chi connectivity index (χ4v) is 5.58. The molecule has 0 atom stereocenters. The number of pyridine rings is 1.